The summed E-state index contributed by atoms with van der Waals surface area (Å²) in [7, 11) is 0. The molecule has 1 saturated heterocycles. The molecule has 2 N–H and O–H groups in total. The Labute approximate surface area is 104 Å². The number of nitrogens with one attached hydrogen (secondary N) is 2. The molecule has 1 aromatic rings. The molecule has 0 atom stereocenters. The summed E-state index contributed by atoms with van der Waals surface area (Å²) in [5, 5.41) is 10.3. The summed E-state index contributed by atoms with van der Waals surface area (Å²) < 4.78 is 9.31. The lowest BCUT2D eigenvalue weighted by Crippen LogP contribution is -2.33. The first-order chi connectivity index (χ1) is 8.34. The van der Waals surface area contributed by atoms with E-state index in [1.807, 2.05) is 0 Å². The second kappa shape index (κ2) is 6.63. The minimum Gasteiger partial charge on any atom is -0.378 e. The standard InChI is InChI=1S/C10H16N4O2S/c15-9(13-10-7-12-14-17-10)3-6-16-8-1-4-11-5-2-8/h7-8,11H,1-6H2,(H,13,15). The third-order valence-electron chi connectivity index (χ3n) is 2.59. The van der Waals surface area contributed by atoms with Crippen molar-refractivity contribution in [3.63, 3.8) is 0 Å². The van der Waals surface area contributed by atoms with E-state index in [-0.39, 0.29) is 5.91 Å². The number of hydrogen-bond donors (Lipinski definition) is 2. The minimum atomic E-state index is -0.0509. The van der Waals surface area contributed by atoms with Gasteiger partial charge in [-0.15, -0.1) is 5.10 Å². The van der Waals surface area contributed by atoms with Gasteiger partial charge in [-0.25, -0.2) is 0 Å². The van der Waals surface area contributed by atoms with Crippen LogP contribution in [0.5, 0.6) is 0 Å². The number of hydrogen-bond acceptors (Lipinski definition) is 6. The average Bonchev–Trinajstić information content (AvgIpc) is 2.83. The predicted octanol–water partition coefficient (Wildman–Crippen LogP) is 0.635. The van der Waals surface area contributed by atoms with Gasteiger partial charge in [0.25, 0.3) is 0 Å². The fraction of sp³-hybridized carbons (Fsp3) is 0.700. The lowest BCUT2D eigenvalue weighted by atomic mass is 10.1. The first kappa shape index (κ1) is 12.4. The van der Waals surface area contributed by atoms with Crippen molar-refractivity contribution in [3.05, 3.63) is 6.20 Å². The summed E-state index contributed by atoms with van der Waals surface area (Å²) in [6.07, 6.45) is 4.27. The highest BCUT2D eigenvalue weighted by Crippen LogP contribution is 2.10. The van der Waals surface area contributed by atoms with Gasteiger partial charge in [-0.1, -0.05) is 4.49 Å². The molecule has 1 aliphatic rings. The molecular weight excluding hydrogens is 240 g/mol. The fourth-order valence-electron chi connectivity index (χ4n) is 1.70. The maximum absolute atomic E-state index is 11.5. The zero-order chi connectivity index (χ0) is 11.9. The van der Waals surface area contributed by atoms with Gasteiger partial charge in [0.1, 0.15) is 5.00 Å². The first-order valence-electron chi connectivity index (χ1n) is 5.74. The van der Waals surface area contributed by atoms with E-state index < -0.39 is 0 Å². The van der Waals surface area contributed by atoms with Crippen LogP contribution in [0.25, 0.3) is 0 Å². The third-order valence-corrected chi connectivity index (χ3v) is 3.17. The summed E-state index contributed by atoms with van der Waals surface area (Å²) in [4.78, 5) is 11.5. The molecule has 0 spiro atoms. The molecule has 0 aliphatic carbocycles. The van der Waals surface area contributed by atoms with Crippen LogP contribution in [0.1, 0.15) is 19.3 Å². The summed E-state index contributed by atoms with van der Waals surface area (Å²) in [5.41, 5.74) is 0. The summed E-state index contributed by atoms with van der Waals surface area (Å²) in [5.74, 6) is -0.0509. The van der Waals surface area contributed by atoms with E-state index in [0.29, 0.717) is 24.1 Å². The van der Waals surface area contributed by atoms with Crippen molar-refractivity contribution >= 4 is 22.4 Å². The molecule has 0 saturated carbocycles. The molecule has 6 nitrogen and oxygen atoms in total. The zero-order valence-corrected chi connectivity index (χ0v) is 10.3. The van der Waals surface area contributed by atoms with Gasteiger partial charge >= 0.3 is 0 Å². The number of aromatic nitrogens is 2. The monoisotopic (exact) mass is 256 g/mol. The molecule has 0 unspecified atom stereocenters. The van der Waals surface area contributed by atoms with E-state index >= 15 is 0 Å². The van der Waals surface area contributed by atoms with Gasteiger partial charge in [0, 0.05) is 11.5 Å². The maximum atomic E-state index is 11.5. The van der Waals surface area contributed by atoms with Gasteiger partial charge in [0.05, 0.1) is 25.3 Å². The summed E-state index contributed by atoms with van der Waals surface area (Å²) in [6, 6.07) is 0. The highest BCUT2D eigenvalue weighted by atomic mass is 32.1. The Morgan fingerprint density at radius 3 is 3.12 bits per heavy atom. The Kier molecular flexibility index (Phi) is 4.84. The Morgan fingerprint density at radius 1 is 1.59 bits per heavy atom. The summed E-state index contributed by atoms with van der Waals surface area (Å²) in [6.45, 7) is 2.48. The van der Waals surface area contributed by atoms with E-state index in [0.717, 1.165) is 25.9 Å². The zero-order valence-electron chi connectivity index (χ0n) is 9.52. The van der Waals surface area contributed by atoms with E-state index in [9.17, 15) is 4.79 Å². The molecule has 2 heterocycles. The summed E-state index contributed by atoms with van der Waals surface area (Å²) >= 11 is 1.17. The van der Waals surface area contributed by atoms with Crippen LogP contribution in [-0.2, 0) is 9.53 Å². The second-order valence-electron chi connectivity index (χ2n) is 3.90. The van der Waals surface area contributed by atoms with Gasteiger partial charge in [-0.2, -0.15) is 0 Å². The van der Waals surface area contributed by atoms with Crippen molar-refractivity contribution in [1.82, 2.24) is 14.9 Å². The Balaban J connectivity index is 1.59. The topological polar surface area (TPSA) is 76.1 Å². The van der Waals surface area contributed by atoms with Crippen molar-refractivity contribution < 1.29 is 9.53 Å². The number of amides is 1. The Hall–Kier alpha value is -1.05. The number of carbonyl (C=O) groups is 1. The maximum Gasteiger partial charge on any atom is 0.227 e. The normalized spacial score (nSPS) is 16.9. The number of anilines is 1. The molecule has 94 valence electrons. The number of piperidine rings is 1. The molecule has 1 fully saturated rings. The van der Waals surface area contributed by atoms with Crippen molar-refractivity contribution in [1.29, 1.82) is 0 Å². The van der Waals surface area contributed by atoms with E-state index in [2.05, 4.69) is 20.2 Å². The van der Waals surface area contributed by atoms with E-state index in [1.165, 1.54) is 17.7 Å². The fourth-order valence-corrected chi connectivity index (χ4v) is 2.14. The SMILES string of the molecule is O=C(CCOC1CCNCC1)Nc1cnns1. The molecule has 0 bridgehead atoms. The van der Waals surface area contributed by atoms with Gasteiger partial charge in [0.15, 0.2) is 0 Å². The van der Waals surface area contributed by atoms with Crippen molar-refractivity contribution in [2.75, 3.05) is 25.0 Å². The molecule has 1 aromatic heterocycles. The first-order valence-corrected chi connectivity index (χ1v) is 6.51. The number of ether oxygens (including phenoxy) is 1. The minimum absolute atomic E-state index is 0.0509. The van der Waals surface area contributed by atoms with Gasteiger partial charge < -0.3 is 15.4 Å². The molecule has 1 aliphatic heterocycles. The van der Waals surface area contributed by atoms with Crippen molar-refractivity contribution in [3.8, 4) is 0 Å². The lowest BCUT2D eigenvalue weighted by molar-refractivity contribution is -0.117. The highest BCUT2D eigenvalue weighted by molar-refractivity contribution is 7.10. The van der Waals surface area contributed by atoms with Crippen molar-refractivity contribution in [2.24, 2.45) is 0 Å². The van der Waals surface area contributed by atoms with Crippen LogP contribution in [0.2, 0.25) is 0 Å². The Morgan fingerprint density at radius 2 is 2.41 bits per heavy atom. The average molecular weight is 256 g/mol. The smallest absolute Gasteiger partial charge is 0.227 e. The quantitative estimate of drug-likeness (QED) is 0.808. The van der Waals surface area contributed by atoms with Crippen LogP contribution >= 0.6 is 11.5 Å². The van der Waals surface area contributed by atoms with Crippen LogP contribution in [0.4, 0.5) is 5.00 Å². The van der Waals surface area contributed by atoms with Crippen LogP contribution < -0.4 is 10.6 Å². The van der Waals surface area contributed by atoms with Gasteiger partial charge in [-0.05, 0) is 25.9 Å². The number of rotatable bonds is 5. The van der Waals surface area contributed by atoms with Crippen LogP contribution in [0, 0.1) is 0 Å². The number of carbonyl (C=O) groups excluding carboxylic acids is 1. The van der Waals surface area contributed by atoms with Crippen LogP contribution in [0.15, 0.2) is 6.20 Å². The van der Waals surface area contributed by atoms with Gasteiger partial charge in [-0.3, -0.25) is 4.79 Å². The highest BCUT2D eigenvalue weighted by Gasteiger charge is 2.13. The molecule has 2 rings (SSSR count). The molecule has 1 amide bonds. The molecular formula is C10H16N4O2S. The molecule has 0 aromatic carbocycles. The van der Waals surface area contributed by atoms with Gasteiger partial charge in [0.2, 0.25) is 5.91 Å². The largest absolute Gasteiger partial charge is 0.378 e. The molecule has 17 heavy (non-hydrogen) atoms. The van der Waals surface area contributed by atoms with Crippen LogP contribution in [-0.4, -0.2) is 41.3 Å². The third kappa shape index (κ3) is 4.37. The van der Waals surface area contributed by atoms with E-state index in [1.54, 1.807) is 0 Å². The second-order valence-corrected chi connectivity index (χ2v) is 4.69. The number of nitrogens with zero attached hydrogens (tertiary/aromatic N) is 2. The molecule has 0 radical (unpaired) electrons. The lowest BCUT2D eigenvalue weighted by Gasteiger charge is -2.22. The molecule has 7 heteroatoms. The van der Waals surface area contributed by atoms with Crippen LogP contribution in [0.3, 0.4) is 0 Å². The van der Waals surface area contributed by atoms with Crippen molar-refractivity contribution in [2.45, 2.75) is 25.4 Å². The van der Waals surface area contributed by atoms with E-state index in [4.69, 9.17) is 4.74 Å². The predicted molar refractivity (Wildman–Crippen MR) is 65.0 cm³/mol. The Bertz CT molecular complexity index is 338.